The van der Waals surface area contributed by atoms with E-state index in [0.29, 0.717) is 25.8 Å². The van der Waals surface area contributed by atoms with E-state index in [2.05, 4.69) is 5.32 Å². The van der Waals surface area contributed by atoms with Crippen molar-refractivity contribution >= 4 is 18.3 Å². The Labute approximate surface area is 109 Å². The predicted molar refractivity (Wildman–Crippen MR) is 69.2 cm³/mol. The van der Waals surface area contributed by atoms with Gasteiger partial charge in [0.05, 0.1) is 5.41 Å². The number of hydrogen-bond donors (Lipinski definition) is 2. The quantitative estimate of drug-likeness (QED) is 0.804. The smallest absolute Gasteiger partial charge is 0.227 e. The molecule has 1 saturated carbocycles. The maximum atomic E-state index is 12.3. The van der Waals surface area contributed by atoms with Crippen molar-refractivity contribution in [1.82, 2.24) is 5.32 Å². The van der Waals surface area contributed by atoms with Gasteiger partial charge in [0.25, 0.3) is 0 Å². The monoisotopic (exact) mass is 262 g/mol. The van der Waals surface area contributed by atoms with Crippen molar-refractivity contribution in [2.45, 2.75) is 44.6 Å². The van der Waals surface area contributed by atoms with E-state index in [-0.39, 0.29) is 23.7 Å². The van der Waals surface area contributed by atoms with Crippen LogP contribution in [0.4, 0.5) is 0 Å². The van der Waals surface area contributed by atoms with Gasteiger partial charge in [0.2, 0.25) is 5.91 Å². The van der Waals surface area contributed by atoms with Crippen molar-refractivity contribution in [2.75, 3.05) is 19.8 Å². The predicted octanol–water partition coefficient (Wildman–Crippen LogP) is 1.22. The van der Waals surface area contributed by atoms with E-state index in [1.54, 1.807) is 0 Å². The number of halogens is 1. The summed E-state index contributed by atoms with van der Waals surface area (Å²) in [6.45, 7) is 1.76. The largest absolute Gasteiger partial charge is 0.381 e. The first-order valence-electron chi connectivity index (χ1n) is 6.36. The maximum absolute atomic E-state index is 12.3. The Balaban J connectivity index is 0.00000144. The number of rotatable bonds is 3. The zero-order chi connectivity index (χ0) is 11.4. The molecular formula is C12H23ClN2O2. The first-order chi connectivity index (χ1) is 7.77. The van der Waals surface area contributed by atoms with Gasteiger partial charge in [0.15, 0.2) is 0 Å². The molecule has 0 aromatic carbocycles. The van der Waals surface area contributed by atoms with Gasteiger partial charge in [-0.2, -0.15) is 0 Å². The molecule has 17 heavy (non-hydrogen) atoms. The standard InChI is InChI=1S/C12H22N2O2.ClH/c13-9-12(5-7-16-8-6-12)11(15)14-10-3-1-2-4-10;/h10H,1-9,13H2,(H,14,15);1H. The SMILES string of the molecule is Cl.NCC1(C(=O)NC2CCCC2)CCOCC1. The summed E-state index contributed by atoms with van der Waals surface area (Å²) in [7, 11) is 0. The molecule has 2 fully saturated rings. The minimum absolute atomic E-state index is 0. The number of nitrogens with one attached hydrogen (secondary N) is 1. The molecule has 1 aliphatic carbocycles. The molecule has 1 heterocycles. The fraction of sp³-hybridized carbons (Fsp3) is 0.917. The van der Waals surface area contributed by atoms with Crippen molar-refractivity contribution in [2.24, 2.45) is 11.1 Å². The molecule has 1 amide bonds. The second kappa shape index (κ2) is 6.57. The third-order valence-electron chi connectivity index (χ3n) is 4.01. The first-order valence-corrected chi connectivity index (χ1v) is 6.36. The Morgan fingerprint density at radius 3 is 2.41 bits per heavy atom. The molecule has 5 heteroatoms. The summed E-state index contributed by atoms with van der Waals surface area (Å²) in [5.74, 6) is 0.158. The molecule has 100 valence electrons. The molecule has 2 aliphatic rings. The minimum Gasteiger partial charge on any atom is -0.381 e. The number of amides is 1. The van der Waals surface area contributed by atoms with Crippen LogP contribution in [0.2, 0.25) is 0 Å². The lowest BCUT2D eigenvalue weighted by atomic mass is 9.79. The van der Waals surface area contributed by atoms with Gasteiger partial charge in [-0.05, 0) is 25.7 Å². The van der Waals surface area contributed by atoms with E-state index >= 15 is 0 Å². The number of carbonyl (C=O) groups is 1. The highest BCUT2D eigenvalue weighted by molar-refractivity contribution is 5.85. The molecule has 0 radical (unpaired) electrons. The number of hydrogen-bond acceptors (Lipinski definition) is 3. The average Bonchev–Trinajstić information content (AvgIpc) is 2.82. The highest BCUT2D eigenvalue weighted by atomic mass is 35.5. The number of carbonyl (C=O) groups excluding carboxylic acids is 1. The van der Waals surface area contributed by atoms with Gasteiger partial charge >= 0.3 is 0 Å². The third kappa shape index (κ3) is 3.33. The fourth-order valence-electron chi connectivity index (χ4n) is 2.69. The molecule has 0 atom stereocenters. The van der Waals surface area contributed by atoms with Gasteiger partial charge in [-0.25, -0.2) is 0 Å². The Kier molecular flexibility index (Phi) is 5.70. The van der Waals surface area contributed by atoms with Crippen molar-refractivity contribution in [3.63, 3.8) is 0 Å². The number of ether oxygens (including phenoxy) is 1. The second-order valence-electron chi connectivity index (χ2n) is 5.05. The molecule has 1 saturated heterocycles. The van der Waals surface area contributed by atoms with Crippen LogP contribution in [0.3, 0.4) is 0 Å². The van der Waals surface area contributed by atoms with E-state index in [0.717, 1.165) is 25.7 Å². The van der Waals surface area contributed by atoms with Gasteiger partial charge in [-0.15, -0.1) is 12.4 Å². The van der Waals surface area contributed by atoms with Crippen molar-refractivity contribution < 1.29 is 9.53 Å². The van der Waals surface area contributed by atoms with E-state index in [1.165, 1.54) is 12.8 Å². The van der Waals surface area contributed by atoms with Gasteiger partial charge < -0.3 is 15.8 Å². The Bertz CT molecular complexity index is 249. The second-order valence-corrected chi connectivity index (χ2v) is 5.05. The van der Waals surface area contributed by atoms with Crippen LogP contribution in [0.5, 0.6) is 0 Å². The lowest BCUT2D eigenvalue weighted by Crippen LogP contribution is -2.51. The Morgan fingerprint density at radius 2 is 1.88 bits per heavy atom. The summed E-state index contributed by atoms with van der Waals surface area (Å²) >= 11 is 0. The summed E-state index contributed by atoms with van der Waals surface area (Å²) in [6.07, 6.45) is 6.27. The van der Waals surface area contributed by atoms with Crippen molar-refractivity contribution in [3.05, 3.63) is 0 Å². The lowest BCUT2D eigenvalue weighted by Gasteiger charge is -2.35. The first kappa shape index (κ1) is 14.7. The van der Waals surface area contributed by atoms with Gasteiger partial charge in [0, 0.05) is 25.8 Å². The van der Waals surface area contributed by atoms with Gasteiger partial charge in [-0.3, -0.25) is 4.79 Å². The summed E-state index contributed by atoms with van der Waals surface area (Å²) in [4.78, 5) is 12.3. The zero-order valence-electron chi connectivity index (χ0n) is 10.2. The van der Waals surface area contributed by atoms with E-state index in [9.17, 15) is 4.79 Å². The summed E-state index contributed by atoms with van der Waals surface area (Å²) in [5.41, 5.74) is 5.44. The van der Waals surface area contributed by atoms with Crippen LogP contribution in [-0.2, 0) is 9.53 Å². The summed E-state index contributed by atoms with van der Waals surface area (Å²) < 4.78 is 5.31. The van der Waals surface area contributed by atoms with Crippen molar-refractivity contribution in [1.29, 1.82) is 0 Å². The van der Waals surface area contributed by atoms with Crippen LogP contribution in [0.15, 0.2) is 0 Å². The summed E-state index contributed by atoms with van der Waals surface area (Å²) in [6, 6.07) is 0.388. The minimum atomic E-state index is -0.360. The van der Waals surface area contributed by atoms with Crippen LogP contribution >= 0.6 is 12.4 Å². The molecule has 2 rings (SSSR count). The van der Waals surface area contributed by atoms with E-state index in [1.807, 2.05) is 0 Å². The van der Waals surface area contributed by atoms with Gasteiger partial charge in [-0.1, -0.05) is 12.8 Å². The molecule has 0 spiro atoms. The highest BCUT2D eigenvalue weighted by Crippen LogP contribution is 2.30. The van der Waals surface area contributed by atoms with E-state index in [4.69, 9.17) is 10.5 Å². The molecule has 0 aromatic rings. The average molecular weight is 263 g/mol. The molecule has 3 N–H and O–H groups in total. The third-order valence-corrected chi connectivity index (χ3v) is 4.01. The lowest BCUT2D eigenvalue weighted by molar-refractivity contribution is -0.136. The molecule has 4 nitrogen and oxygen atoms in total. The summed E-state index contributed by atoms with van der Waals surface area (Å²) in [5, 5.41) is 3.17. The molecule has 1 aliphatic heterocycles. The van der Waals surface area contributed by atoms with Gasteiger partial charge in [0.1, 0.15) is 0 Å². The normalized spacial score (nSPS) is 24.1. The zero-order valence-corrected chi connectivity index (χ0v) is 11.1. The maximum Gasteiger partial charge on any atom is 0.227 e. The Morgan fingerprint density at radius 1 is 1.29 bits per heavy atom. The highest BCUT2D eigenvalue weighted by Gasteiger charge is 2.39. The van der Waals surface area contributed by atoms with Crippen LogP contribution in [0.25, 0.3) is 0 Å². The van der Waals surface area contributed by atoms with Crippen LogP contribution in [-0.4, -0.2) is 31.7 Å². The van der Waals surface area contributed by atoms with E-state index < -0.39 is 0 Å². The fourth-order valence-corrected chi connectivity index (χ4v) is 2.69. The molecule has 0 aromatic heterocycles. The number of nitrogens with two attached hydrogens (primary N) is 1. The topological polar surface area (TPSA) is 64.4 Å². The van der Waals surface area contributed by atoms with Crippen LogP contribution in [0.1, 0.15) is 38.5 Å². The van der Waals surface area contributed by atoms with Crippen molar-refractivity contribution in [3.8, 4) is 0 Å². The molecular weight excluding hydrogens is 240 g/mol. The Hall–Kier alpha value is -0.320. The molecule has 0 bridgehead atoms. The van der Waals surface area contributed by atoms with Crippen LogP contribution in [0, 0.1) is 5.41 Å². The van der Waals surface area contributed by atoms with Crippen LogP contribution < -0.4 is 11.1 Å². The molecule has 0 unspecified atom stereocenters.